The molecule has 0 aromatic carbocycles. The molecular formula is C30H44N4Y3-2. The molecule has 37 heavy (non-hydrogen) atoms. The van der Waals surface area contributed by atoms with Crippen molar-refractivity contribution in [2.75, 3.05) is 0 Å². The van der Waals surface area contributed by atoms with E-state index < -0.39 is 0 Å². The molecule has 0 fully saturated rings. The minimum absolute atomic E-state index is 0. The van der Waals surface area contributed by atoms with Gasteiger partial charge in [-0.15, -0.1) is 0 Å². The second-order valence-electron chi connectivity index (χ2n) is 7.50. The molecule has 0 saturated heterocycles. The van der Waals surface area contributed by atoms with Crippen LogP contribution >= 0.6 is 0 Å². The van der Waals surface area contributed by atoms with Crippen molar-refractivity contribution in [1.29, 1.82) is 0 Å². The van der Waals surface area contributed by atoms with E-state index in [9.17, 15) is 0 Å². The molecule has 2 aliphatic heterocycles. The third-order valence-corrected chi connectivity index (χ3v) is 5.80. The molecule has 3 aromatic heterocycles. The Balaban J connectivity index is -0.000000336. The number of aromatic nitrogens is 4. The van der Waals surface area contributed by atoms with Crippen molar-refractivity contribution in [3.8, 4) is 0 Å². The van der Waals surface area contributed by atoms with E-state index in [0.717, 1.165) is 61.5 Å². The summed E-state index contributed by atoms with van der Waals surface area (Å²) in [5.41, 5.74) is 12.9. The van der Waals surface area contributed by atoms with Crippen molar-refractivity contribution in [2.24, 2.45) is 0 Å². The first-order valence-electron chi connectivity index (χ1n) is 11.5. The third-order valence-electron chi connectivity index (χ3n) is 5.80. The summed E-state index contributed by atoms with van der Waals surface area (Å²) in [6.45, 7) is 16.4. The Bertz CT molecular complexity index is 1270. The number of nitrogens with one attached hydrogen (secondary N) is 2. The molecule has 195 valence electrons. The Hall–Kier alpha value is -0.0883. The molecule has 8 bridgehead atoms. The number of hydrogen-bond donors (Lipinski definition) is 2. The van der Waals surface area contributed by atoms with Gasteiger partial charge in [-0.3, -0.25) is 0 Å². The Labute approximate surface area is 303 Å². The maximum absolute atomic E-state index is 4.86. The largest absolute Gasteiger partial charge is 0.358 e. The topological polar surface area (TPSA) is 57.4 Å². The van der Waals surface area contributed by atoms with E-state index in [2.05, 4.69) is 86.2 Å². The first-order chi connectivity index (χ1) is 15.5. The van der Waals surface area contributed by atoms with Gasteiger partial charge >= 0.3 is 0 Å². The predicted octanol–water partition coefficient (Wildman–Crippen LogP) is 9.33. The van der Waals surface area contributed by atoms with E-state index in [0.29, 0.717) is 0 Å². The van der Waals surface area contributed by atoms with Crippen LogP contribution in [0.15, 0.2) is 24.3 Å². The second kappa shape index (κ2) is 19.1. The van der Waals surface area contributed by atoms with Gasteiger partial charge in [0, 0.05) is 129 Å². The fraction of sp³-hybridized carbons (Fsp3) is 0.267. The van der Waals surface area contributed by atoms with Crippen LogP contribution < -0.4 is 0 Å². The summed E-state index contributed by atoms with van der Waals surface area (Å²) < 4.78 is 0. The molecule has 0 aliphatic carbocycles. The fourth-order valence-corrected chi connectivity index (χ4v) is 3.78. The summed E-state index contributed by atoms with van der Waals surface area (Å²) in [6, 6.07) is 8.52. The van der Waals surface area contributed by atoms with Crippen molar-refractivity contribution >= 4 is 46.4 Å². The molecule has 0 unspecified atom stereocenters. The fourth-order valence-electron chi connectivity index (χ4n) is 3.78. The van der Waals surface area contributed by atoms with Gasteiger partial charge in [0.05, 0.1) is 22.8 Å². The Morgan fingerprint density at radius 2 is 0.703 bits per heavy atom. The Morgan fingerprint density at radius 1 is 0.459 bits per heavy atom. The first kappa shape index (κ1) is 41.4. The molecule has 5 rings (SSSR count). The van der Waals surface area contributed by atoms with Gasteiger partial charge in [-0.2, -0.15) is 0 Å². The second-order valence-corrected chi connectivity index (χ2v) is 7.50. The van der Waals surface area contributed by atoms with E-state index >= 15 is 0 Å². The SMILES string of the molecule is CC.CC.Cc1c2nc(c(C)c3ccc([nH]3)c(C)c3ccc([nH]3)c(C)c3nc1C=C3)C=C2.[CH3-].[CH3-].[HH].[HH].[Y].[Y].[Y]. The number of aryl methyl sites for hydroxylation is 3. The van der Waals surface area contributed by atoms with Gasteiger partial charge < -0.3 is 24.8 Å². The average molecular weight is 727 g/mol. The molecular weight excluding hydrogens is 683 g/mol. The van der Waals surface area contributed by atoms with Crippen LogP contribution in [0.1, 0.15) is 75.6 Å². The normalized spacial score (nSPS) is 9.95. The summed E-state index contributed by atoms with van der Waals surface area (Å²) in [6.07, 6.45) is 8.33. The van der Waals surface area contributed by atoms with Gasteiger partial charge in [0.1, 0.15) is 0 Å². The molecule has 3 radical (unpaired) electrons. The Kier molecular flexibility index (Phi) is 21.3. The zero-order valence-corrected chi connectivity index (χ0v) is 32.8. The monoisotopic (exact) mass is 727 g/mol. The van der Waals surface area contributed by atoms with Crippen LogP contribution in [0.3, 0.4) is 0 Å². The number of hydrogen-bond acceptors (Lipinski definition) is 2. The number of aromatic amines is 2. The number of fused-ring (bicyclic) bond motifs is 8. The molecule has 0 atom stereocenters. The Morgan fingerprint density at radius 3 is 1.00 bits per heavy atom. The molecule has 5 heterocycles. The van der Waals surface area contributed by atoms with Gasteiger partial charge in [-0.1, -0.05) is 27.7 Å². The van der Waals surface area contributed by atoms with Crippen molar-refractivity contribution in [2.45, 2.75) is 55.4 Å². The molecule has 7 heteroatoms. The number of nitrogens with zero attached hydrogens (tertiary/aromatic N) is 2. The van der Waals surface area contributed by atoms with E-state index in [1.54, 1.807) is 0 Å². The van der Waals surface area contributed by atoms with Gasteiger partial charge in [0.25, 0.3) is 0 Å². The van der Waals surface area contributed by atoms with Crippen molar-refractivity contribution in [3.63, 3.8) is 0 Å². The van der Waals surface area contributed by atoms with Gasteiger partial charge in [-0.05, 0) is 93.0 Å². The number of H-pyrrole nitrogens is 2. The summed E-state index contributed by atoms with van der Waals surface area (Å²) >= 11 is 0. The minimum Gasteiger partial charge on any atom is -0.358 e. The van der Waals surface area contributed by atoms with Crippen LogP contribution in [0.5, 0.6) is 0 Å². The van der Waals surface area contributed by atoms with Crippen LogP contribution in [0.25, 0.3) is 46.4 Å². The average Bonchev–Trinajstić information content (AvgIpc) is 3.65. The van der Waals surface area contributed by atoms with Crippen LogP contribution in [0.4, 0.5) is 0 Å². The van der Waals surface area contributed by atoms with E-state index in [-0.39, 0.29) is 116 Å². The standard InChI is InChI=1S/C24H22N4.2C2H6.2CH3.3Y.2H2/c1-13-17-5-7-19(25-17)14(2)21-9-11-23(27-21)16(4)24-12-10-22(28-24)15(3)20-8-6-18(13)26-20;2*1-2;;;;;;;/h5-12,25-26H,1-4H3;2*1-2H3;2*1H3;;;;2*1H/q;;;2*-1;;;;;. The minimum atomic E-state index is 0. The van der Waals surface area contributed by atoms with Crippen LogP contribution in [-0.2, 0) is 98.1 Å². The zero-order valence-electron chi connectivity index (χ0n) is 24.2. The van der Waals surface area contributed by atoms with Crippen molar-refractivity contribution in [3.05, 3.63) is 84.1 Å². The smallest absolute Gasteiger partial charge is 0.0688 e. The predicted molar refractivity (Wildman–Crippen MR) is 158 cm³/mol. The van der Waals surface area contributed by atoms with Crippen LogP contribution in [-0.4, -0.2) is 19.9 Å². The number of rotatable bonds is 0. The van der Waals surface area contributed by atoms with Crippen molar-refractivity contribution in [1.82, 2.24) is 19.9 Å². The summed E-state index contributed by atoms with van der Waals surface area (Å²) in [5.74, 6) is 0. The van der Waals surface area contributed by atoms with E-state index in [1.165, 1.54) is 5.56 Å². The summed E-state index contributed by atoms with van der Waals surface area (Å²) in [4.78, 5) is 16.8. The third kappa shape index (κ3) is 8.95. The molecule has 2 N–H and O–H groups in total. The van der Waals surface area contributed by atoms with Crippen LogP contribution in [0.2, 0.25) is 0 Å². The molecule has 2 aliphatic rings. The molecule has 4 nitrogen and oxygen atoms in total. The summed E-state index contributed by atoms with van der Waals surface area (Å²) in [7, 11) is 0. The molecule has 3 aromatic rings. The molecule has 0 spiro atoms. The van der Waals surface area contributed by atoms with Crippen LogP contribution in [0, 0.1) is 42.5 Å². The molecule has 0 saturated carbocycles. The zero-order chi connectivity index (χ0) is 23.4. The molecule has 0 amide bonds. The van der Waals surface area contributed by atoms with Gasteiger partial charge in [0.2, 0.25) is 0 Å². The van der Waals surface area contributed by atoms with E-state index in [1.807, 2.05) is 27.7 Å². The van der Waals surface area contributed by atoms with Crippen molar-refractivity contribution < 1.29 is 101 Å². The first-order valence-corrected chi connectivity index (χ1v) is 11.5. The van der Waals surface area contributed by atoms with Gasteiger partial charge in [0.15, 0.2) is 0 Å². The maximum atomic E-state index is 4.86. The van der Waals surface area contributed by atoms with E-state index in [4.69, 9.17) is 9.97 Å². The van der Waals surface area contributed by atoms with Gasteiger partial charge in [-0.25, -0.2) is 9.97 Å². The maximum Gasteiger partial charge on any atom is 0.0688 e. The quantitative estimate of drug-likeness (QED) is 0.156. The summed E-state index contributed by atoms with van der Waals surface area (Å²) in [5, 5.41) is 0.